The molecule has 42 heavy (non-hydrogen) atoms. The molecule has 2 aliphatic rings. The molecule has 0 atom stereocenters. The van der Waals surface area contributed by atoms with Crippen LogP contribution < -0.4 is 10.1 Å². The maximum absolute atomic E-state index is 12.9. The van der Waals surface area contributed by atoms with Crippen LogP contribution in [0, 0.1) is 0 Å². The van der Waals surface area contributed by atoms with Gasteiger partial charge in [0, 0.05) is 30.3 Å². The maximum atomic E-state index is 12.9. The Morgan fingerprint density at radius 1 is 0.810 bits per heavy atom. The number of carbonyl (C=O) groups is 1. The van der Waals surface area contributed by atoms with Gasteiger partial charge in [-0.2, -0.15) is 0 Å². The number of ether oxygens (including phenoxy) is 1. The lowest BCUT2D eigenvalue weighted by Crippen LogP contribution is -2.33. The molecule has 4 heteroatoms. The number of fused-ring (bicyclic) bond motifs is 1. The number of amides is 1. The molecule has 0 radical (unpaired) electrons. The lowest BCUT2D eigenvalue weighted by atomic mass is 9.63. The van der Waals surface area contributed by atoms with Gasteiger partial charge < -0.3 is 15.0 Å². The molecule has 1 saturated heterocycles. The van der Waals surface area contributed by atoms with Gasteiger partial charge in [-0.05, 0) is 108 Å². The van der Waals surface area contributed by atoms with Crippen LogP contribution in [-0.4, -0.2) is 43.1 Å². The zero-order chi connectivity index (χ0) is 29.9. The normalized spacial score (nSPS) is 17.4. The Kier molecular flexibility index (Phi) is 9.13. The van der Waals surface area contributed by atoms with Gasteiger partial charge >= 0.3 is 0 Å². The fraction of sp³-hybridized carbons (Fsp3) is 0.500. The summed E-state index contributed by atoms with van der Waals surface area (Å²) in [5.41, 5.74) is 8.60. The minimum atomic E-state index is 0.140. The van der Waals surface area contributed by atoms with Crippen molar-refractivity contribution in [2.24, 2.45) is 0 Å². The topological polar surface area (TPSA) is 41.6 Å². The Morgan fingerprint density at radius 3 is 2.14 bits per heavy atom. The van der Waals surface area contributed by atoms with Crippen LogP contribution in [0.25, 0.3) is 22.3 Å². The fourth-order valence-electron chi connectivity index (χ4n) is 6.53. The molecule has 4 nitrogen and oxygen atoms in total. The van der Waals surface area contributed by atoms with E-state index in [1.807, 2.05) is 17.0 Å². The van der Waals surface area contributed by atoms with Crippen LogP contribution in [0.1, 0.15) is 102 Å². The van der Waals surface area contributed by atoms with E-state index in [4.69, 9.17) is 4.74 Å². The first-order valence-electron chi connectivity index (χ1n) is 16.1. The molecule has 1 N–H and O–H groups in total. The van der Waals surface area contributed by atoms with Gasteiger partial charge in [-0.3, -0.25) is 4.79 Å². The number of hydrogen-bond acceptors (Lipinski definition) is 3. The molecule has 0 unspecified atom stereocenters. The molecule has 3 aromatic rings. The number of nitrogens with one attached hydrogen (secondary N) is 1. The number of carbonyl (C=O) groups excluding carboxylic acids is 1. The highest BCUT2D eigenvalue weighted by atomic mass is 16.5. The Balaban J connectivity index is 1.45. The van der Waals surface area contributed by atoms with Gasteiger partial charge in [-0.15, -0.1) is 0 Å². The van der Waals surface area contributed by atoms with Crippen LogP contribution in [0.15, 0.2) is 60.7 Å². The molecular weight excluding hydrogens is 516 g/mol. The summed E-state index contributed by atoms with van der Waals surface area (Å²) in [4.78, 5) is 14.9. The molecule has 0 bridgehead atoms. The molecule has 1 amide bonds. The van der Waals surface area contributed by atoms with E-state index in [1.54, 1.807) is 0 Å². The van der Waals surface area contributed by atoms with E-state index in [-0.39, 0.29) is 16.7 Å². The van der Waals surface area contributed by atoms with Crippen molar-refractivity contribution < 1.29 is 9.53 Å². The molecule has 0 spiro atoms. The van der Waals surface area contributed by atoms with Crippen molar-refractivity contribution in [3.8, 4) is 28.0 Å². The Bertz CT molecular complexity index is 1380. The first kappa shape index (κ1) is 30.4. The standard InChI is InChI=1S/C38H50N2O2/c1-27(2)39-21-7-10-24-42-35-18-16-30(28-11-13-29(14-12-28)36(41)40-22-8-9-23-40)25-32(35)31-15-17-33-34(26-31)38(5,6)20-19-37(33,3)4/h11-18,25-27,39H,7-10,19-24H2,1-6H3. The molecule has 1 aliphatic carbocycles. The lowest BCUT2D eigenvalue weighted by Gasteiger charge is -2.42. The van der Waals surface area contributed by atoms with Crippen LogP contribution in [-0.2, 0) is 10.8 Å². The van der Waals surface area contributed by atoms with Crippen LogP contribution in [0.5, 0.6) is 5.75 Å². The van der Waals surface area contributed by atoms with E-state index in [0.29, 0.717) is 12.6 Å². The number of unbranched alkanes of at least 4 members (excludes halogenated alkanes) is 1. The van der Waals surface area contributed by atoms with Gasteiger partial charge in [-0.25, -0.2) is 0 Å². The average Bonchev–Trinajstić information content (AvgIpc) is 3.52. The van der Waals surface area contributed by atoms with E-state index in [9.17, 15) is 4.79 Å². The molecule has 0 aromatic heterocycles. The van der Waals surface area contributed by atoms with Crippen molar-refractivity contribution in [2.45, 2.75) is 96.9 Å². The van der Waals surface area contributed by atoms with Crippen molar-refractivity contribution in [3.05, 3.63) is 77.4 Å². The molecule has 224 valence electrons. The molecule has 1 aliphatic heterocycles. The molecule has 0 saturated carbocycles. The zero-order valence-electron chi connectivity index (χ0n) is 26.7. The Labute approximate surface area is 253 Å². The van der Waals surface area contributed by atoms with Crippen molar-refractivity contribution in [1.29, 1.82) is 0 Å². The maximum Gasteiger partial charge on any atom is 0.253 e. The molecule has 1 heterocycles. The third-order valence-corrected chi connectivity index (χ3v) is 9.38. The summed E-state index contributed by atoms with van der Waals surface area (Å²) in [5.74, 6) is 1.08. The second-order valence-corrected chi connectivity index (χ2v) is 14.0. The van der Waals surface area contributed by atoms with Crippen LogP contribution in [0.4, 0.5) is 0 Å². The number of hydrogen-bond donors (Lipinski definition) is 1. The van der Waals surface area contributed by atoms with Crippen molar-refractivity contribution in [1.82, 2.24) is 10.2 Å². The first-order chi connectivity index (χ1) is 20.0. The van der Waals surface area contributed by atoms with Gasteiger partial charge in [-0.1, -0.05) is 77.9 Å². The van der Waals surface area contributed by atoms with Crippen molar-refractivity contribution in [2.75, 3.05) is 26.2 Å². The third-order valence-electron chi connectivity index (χ3n) is 9.38. The van der Waals surface area contributed by atoms with E-state index in [2.05, 4.69) is 95.4 Å². The monoisotopic (exact) mass is 566 g/mol. The largest absolute Gasteiger partial charge is 0.493 e. The van der Waals surface area contributed by atoms with E-state index >= 15 is 0 Å². The first-order valence-corrected chi connectivity index (χ1v) is 16.1. The van der Waals surface area contributed by atoms with E-state index in [0.717, 1.165) is 73.3 Å². The fourth-order valence-corrected chi connectivity index (χ4v) is 6.53. The average molecular weight is 567 g/mol. The second kappa shape index (κ2) is 12.6. The van der Waals surface area contributed by atoms with Crippen LogP contribution in [0.2, 0.25) is 0 Å². The summed E-state index contributed by atoms with van der Waals surface area (Å²) in [6, 6.07) is 22.3. The molecule has 3 aromatic carbocycles. The van der Waals surface area contributed by atoms with Crippen LogP contribution in [0.3, 0.4) is 0 Å². The number of likely N-dealkylation sites (tertiary alicyclic amines) is 1. The zero-order valence-corrected chi connectivity index (χ0v) is 26.7. The summed E-state index contributed by atoms with van der Waals surface area (Å²) in [6.45, 7) is 17.3. The minimum absolute atomic E-state index is 0.140. The van der Waals surface area contributed by atoms with Gasteiger partial charge in [0.05, 0.1) is 6.61 Å². The van der Waals surface area contributed by atoms with E-state index in [1.165, 1.54) is 29.5 Å². The quantitative estimate of drug-likeness (QED) is 0.249. The smallest absolute Gasteiger partial charge is 0.253 e. The Morgan fingerprint density at radius 2 is 1.45 bits per heavy atom. The van der Waals surface area contributed by atoms with Gasteiger partial charge in [0.15, 0.2) is 0 Å². The Hall–Kier alpha value is -3.11. The van der Waals surface area contributed by atoms with Crippen LogP contribution >= 0.6 is 0 Å². The summed E-state index contributed by atoms with van der Waals surface area (Å²) < 4.78 is 6.46. The molecule has 1 fully saturated rings. The highest BCUT2D eigenvalue weighted by Gasteiger charge is 2.37. The predicted molar refractivity (Wildman–Crippen MR) is 176 cm³/mol. The van der Waals surface area contributed by atoms with Gasteiger partial charge in [0.2, 0.25) is 0 Å². The van der Waals surface area contributed by atoms with Crippen molar-refractivity contribution >= 4 is 5.91 Å². The number of rotatable bonds is 10. The second-order valence-electron chi connectivity index (χ2n) is 14.0. The summed E-state index contributed by atoms with van der Waals surface area (Å²) in [5, 5.41) is 3.50. The number of benzene rings is 3. The van der Waals surface area contributed by atoms with E-state index < -0.39 is 0 Å². The van der Waals surface area contributed by atoms with Gasteiger partial charge in [0.25, 0.3) is 5.91 Å². The summed E-state index contributed by atoms with van der Waals surface area (Å²) in [7, 11) is 0. The summed E-state index contributed by atoms with van der Waals surface area (Å²) >= 11 is 0. The molecular formula is C38H50N2O2. The number of nitrogens with zero attached hydrogens (tertiary/aromatic N) is 1. The SMILES string of the molecule is CC(C)NCCCCOc1ccc(-c2ccc(C(=O)N3CCCC3)cc2)cc1-c1ccc2c(c1)C(C)(C)CCC2(C)C. The highest BCUT2D eigenvalue weighted by Crippen LogP contribution is 2.47. The minimum Gasteiger partial charge on any atom is -0.493 e. The highest BCUT2D eigenvalue weighted by molar-refractivity contribution is 5.95. The van der Waals surface area contributed by atoms with Crippen molar-refractivity contribution in [3.63, 3.8) is 0 Å². The third kappa shape index (κ3) is 6.75. The summed E-state index contributed by atoms with van der Waals surface area (Å²) in [6.07, 6.45) is 6.71. The predicted octanol–water partition coefficient (Wildman–Crippen LogP) is 8.76. The lowest BCUT2D eigenvalue weighted by molar-refractivity contribution is 0.0793. The van der Waals surface area contributed by atoms with Gasteiger partial charge in [0.1, 0.15) is 5.75 Å². The molecule has 5 rings (SSSR count).